The van der Waals surface area contributed by atoms with E-state index in [1.54, 1.807) is 4.68 Å². The first kappa shape index (κ1) is 24.6. The fourth-order valence-electron chi connectivity index (χ4n) is 5.56. The number of pyridine rings is 1. The molecule has 2 fully saturated rings. The van der Waals surface area contributed by atoms with E-state index in [0.717, 1.165) is 41.5 Å². The van der Waals surface area contributed by atoms with Crippen LogP contribution in [0.25, 0.3) is 10.9 Å². The van der Waals surface area contributed by atoms with Gasteiger partial charge in [-0.3, -0.25) is 14.5 Å². The maximum atomic E-state index is 13.5. The third-order valence-corrected chi connectivity index (χ3v) is 7.36. The molecule has 192 valence electrons. The van der Waals surface area contributed by atoms with Crippen molar-refractivity contribution >= 4 is 16.9 Å². The molecule has 10 heteroatoms. The monoisotopic (exact) mass is 494 g/mol. The number of aromatic amines is 1. The molecule has 3 aromatic rings. The van der Waals surface area contributed by atoms with E-state index < -0.39 is 6.04 Å². The normalized spacial score (nSPS) is 20.1. The molecule has 0 aliphatic carbocycles. The zero-order valence-electron chi connectivity index (χ0n) is 21.2. The van der Waals surface area contributed by atoms with E-state index in [1.165, 1.54) is 0 Å². The molecule has 0 unspecified atom stereocenters. The number of benzene rings is 1. The number of rotatable bonds is 7. The van der Waals surface area contributed by atoms with Crippen LogP contribution in [0.15, 0.2) is 23.0 Å². The summed E-state index contributed by atoms with van der Waals surface area (Å²) in [6.07, 6.45) is 3.36. The molecular formula is C26H34N6O4. The Hall–Kier alpha value is -3.11. The van der Waals surface area contributed by atoms with Crippen molar-refractivity contribution in [3.8, 4) is 0 Å². The summed E-state index contributed by atoms with van der Waals surface area (Å²) in [5.41, 5.74) is 3.46. The number of hydrogen-bond acceptors (Lipinski definition) is 8. The van der Waals surface area contributed by atoms with Gasteiger partial charge in [0, 0.05) is 36.2 Å². The maximum absolute atomic E-state index is 13.5. The lowest BCUT2D eigenvalue weighted by atomic mass is 9.93. The molecule has 2 atom stereocenters. The molecule has 2 aliphatic rings. The van der Waals surface area contributed by atoms with Gasteiger partial charge in [0.2, 0.25) is 0 Å². The van der Waals surface area contributed by atoms with Crippen LogP contribution in [0, 0.1) is 19.8 Å². The number of aryl methyl sites for hydroxylation is 2. The third kappa shape index (κ3) is 4.92. The van der Waals surface area contributed by atoms with Crippen molar-refractivity contribution in [3.05, 3.63) is 51.1 Å². The molecule has 1 aromatic carbocycles. The fourth-order valence-corrected chi connectivity index (χ4v) is 5.56. The molecule has 2 aliphatic heterocycles. The Kier molecular flexibility index (Phi) is 7.15. The quantitative estimate of drug-likeness (QED) is 0.499. The molecule has 36 heavy (non-hydrogen) atoms. The molecule has 0 saturated carbocycles. The Balaban J connectivity index is 1.54. The molecule has 0 amide bonds. The topological polar surface area (TPSA) is 115 Å². The van der Waals surface area contributed by atoms with Crippen molar-refractivity contribution in [2.45, 2.75) is 65.1 Å². The Morgan fingerprint density at radius 2 is 2.03 bits per heavy atom. The van der Waals surface area contributed by atoms with Crippen LogP contribution in [0.3, 0.4) is 0 Å². The van der Waals surface area contributed by atoms with Gasteiger partial charge in [-0.2, -0.15) is 0 Å². The summed E-state index contributed by atoms with van der Waals surface area (Å²) in [5.74, 6) is 0.339. The summed E-state index contributed by atoms with van der Waals surface area (Å²) >= 11 is 0. The van der Waals surface area contributed by atoms with E-state index in [2.05, 4.69) is 38.4 Å². The van der Waals surface area contributed by atoms with Crippen molar-refractivity contribution in [2.24, 2.45) is 5.92 Å². The number of nitrogens with zero attached hydrogens (tertiary/aromatic N) is 5. The first-order valence-electron chi connectivity index (χ1n) is 12.9. The SMILES string of the molecule is CCOC(=O)C1CCN([C@@H](c2cc3c(C)cc(C)cc3[nH]c2=O)c2nnnn2C[C@H]2CCCO2)CC1. The first-order chi connectivity index (χ1) is 17.4. The van der Waals surface area contributed by atoms with Crippen LogP contribution in [0.1, 0.15) is 61.2 Å². The zero-order chi connectivity index (χ0) is 25.2. The van der Waals surface area contributed by atoms with Gasteiger partial charge < -0.3 is 14.5 Å². The van der Waals surface area contributed by atoms with Crippen molar-refractivity contribution < 1.29 is 14.3 Å². The van der Waals surface area contributed by atoms with E-state index in [4.69, 9.17) is 9.47 Å². The van der Waals surface area contributed by atoms with Crippen LogP contribution >= 0.6 is 0 Å². The lowest BCUT2D eigenvalue weighted by molar-refractivity contribution is -0.149. The standard InChI is InChI=1S/C26H34N6O4/c1-4-35-26(34)18-7-9-31(10-8-18)23(24-28-29-30-32(24)15-19-6-5-11-36-19)21-14-20-17(3)12-16(2)13-22(20)27-25(21)33/h12-14,18-19,23H,4-11,15H2,1-3H3,(H,27,33)/t19-,23+/m1/s1. The number of tetrazole rings is 1. The molecular weight excluding hydrogens is 460 g/mol. The Morgan fingerprint density at radius 3 is 2.75 bits per heavy atom. The van der Waals surface area contributed by atoms with Crippen molar-refractivity contribution in [1.82, 2.24) is 30.1 Å². The number of ether oxygens (including phenoxy) is 2. The Morgan fingerprint density at radius 1 is 1.22 bits per heavy atom. The number of nitrogens with one attached hydrogen (secondary N) is 1. The zero-order valence-corrected chi connectivity index (χ0v) is 21.2. The van der Waals surface area contributed by atoms with Gasteiger partial charge >= 0.3 is 5.97 Å². The average molecular weight is 495 g/mol. The molecule has 0 radical (unpaired) electrons. The smallest absolute Gasteiger partial charge is 0.309 e. The van der Waals surface area contributed by atoms with E-state index in [-0.39, 0.29) is 23.6 Å². The van der Waals surface area contributed by atoms with Crippen molar-refractivity contribution in [3.63, 3.8) is 0 Å². The highest BCUT2D eigenvalue weighted by atomic mass is 16.5. The van der Waals surface area contributed by atoms with Crippen molar-refractivity contribution in [1.29, 1.82) is 0 Å². The number of hydrogen-bond donors (Lipinski definition) is 1. The van der Waals surface area contributed by atoms with Crippen LogP contribution in [-0.2, 0) is 20.8 Å². The summed E-state index contributed by atoms with van der Waals surface area (Å²) in [6, 6.07) is 5.65. The number of fused-ring (bicyclic) bond motifs is 1. The number of H-pyrrole nitrogens is 1. The minimum absolute atomic E-state index is 0.0579. The molecule has 0 bridgehead atoms. The number of carbonyl (C=O) groups excluding carboxylic acids is 1. The van der Waals surface area contributed by atoms with Crippen molar-refractivity contribution in [2.75, 3.05) is 26.3 Å². The Bertz CT molecular complexity index is 1290. The number of aromatic nitrogens is 5. The van der Waals surface area contributed by atoms with Gasteiger partial charge in [0.15, 0.2) is 5.82 Å². The van der Waals surface area contributed by atoms with Gasteiger partial charge in [-0.15, -0.1) is 5.10 Å². The molecule has 1 N–H and O–H groups in total. The third-order valence-electron chi connectivity index (χ3n) is 7.36. The molecule has 4 heterocycles. The second-order valence-corrected chi connectivity index (χ2v) is 9.92. The van der Waals surface area contributed by atoms with Gasteiger partial charge in [-0.05, 0) is 80.1 Å². The summed E-state index contributed by atoms with van der Waals surface area (Å²) < 4.78 is 12.9. The van der Waals surface area contributed by atoms with Crippen LogP contribution in [0.4, 0.5) is 0 Å². The van der Waals surface area contributed by atoms with Gasteiger partial charge in [0.05, 0.1) is 25.2 Å². The second kappa shape index (κ2) is 10.5. The summed E-state index contributed by atoms with van der Waals surface area (Å²) in [4.78, 5) is 31.1. The lowest BCUT2D eigenvalue weighted by Crippen LogP contribution is -2.42. The number of esters is 1. The van der Waals surface area contributed by atoms with Gasteiger partial charge in [-0.25, -0.2) is 4.68 Å². The minimum atomic E-state index is -0.446. The van der Waals surface area contributed by atoms with Crippen LogP contribution < -0.4 is 5.56 Å². The average Bonchev–Trinajstić information content (AvgIpc) is 3.53. The van der Waals surface area contributed by atoms with E-state index >= 15 is 0 Å². The van der Waals surface area contributed by atoms with Crippen LogP contribution in [-0.4, -0.2) is 68.5 Å². The van der Waals surface area contributed by atoms with Crippen LogP contribution in [0.5, 0.6) is 0 Å². The largest absolute Gasteiger partial charge is 0.466 e. The fraction of sp³-hybridized carbons (Fsp3) is 0.577. The number of piperidine rings is 1. The van der Waals surface area contributed by atoms with Gasteiger partial charge in [0.1, 0.15) is 6.04 Å². The van der Waals surface area contributed by atoms with Gasteiger partial charge in [0.25, 0.3) is 5.56 Å². The maximum Gasteiger partial charge on any atom is 0.309 e. The molecule has 2 saturated heterocycles. The summed E-state index contributed by atoms with van der Waals surface area (Å²) in [5, 5.41) is 13.7. The highest BCUT2D eigenvalue weighted by Gasteiger charge is 2.35. The molecule has 5 rings (SSSR count). The molecule has 10 nitrogen and oxygen atoms in total. The first-order valence-corrected chi connectivity index (χ1v) is 12.9. The van der Waals surface area contributed by atoms with E-state index in [1.807, 2.05) is 26.0 Å². The lowest BCUT2D eigenvalue weighted by Gasteiger charge is -2.36. The highest BCUT2D eigenvalue weighted by Crippen LogP contribution is 2.32. The van der Waals surface area contributed by atoms with E-state index in [9.17, 15) is 9.59 Å². The van der Waals surface area contributed by atoms with E-state index in [0.29, 0.717) is 50.5 Å². The number of likely N-dealkylation sites (tertiary alicyclic amines) is 1. The minimum Gasteiger partial charge on any atom is -0.466 e. The van der Waals surface area contributed by atoms with Crippen LogP contribution in [0.2, 0.25) is 0 Å². The Labute approximate surface area is 210 Å². The predicted molar refractivity (Wildman–Crippen MR) is 134 cm³/mol. The summed E-state index contributed by atoms with van der Waals surface area (Å²) in [6.45, 7) is 8.83. The predicted octanol–water partition coefficient (Wildman–Crippen LogP) is 2.67. The number of carbonyl (C=O) groups is 1. The summed E-state index contributed by atoms with van der Waals surface area (Å²) in [7, 11) is 0. The second-order valence-electron chi connectivity index (χ2n) is 9.92. The molecule has 2 aromatic heterocycles. The molecule has 0 spiro atoms. The van der Waals surface area contributed by atoms with Gasteiger partial charge in [-0.1, -0.05) is 6.07 Å². The highest BCUT2D eigenvalue weighted by molar-refractivity contribution is 5.83.